The number of nitrogens with one attached hydrogen (secondary N) is 1. The lowest BCUT2D eigenvalue weighted by atomic mass is 9.95. The molecule has 0 aliphatic carbocycles. The van der Waals surface area contributed by atoms with Gasteiger partial charge < -0.3 is 10.2 Å². The number of fused-ring (bicyclic) bond motifs is 1. The molecule has 0 radical (unpaired) electrons. The summed E-state index contributed by atoms with van der Waals surface area (Å²) in [7, 11) is 1.92. The van der Waals surface area contributed by atoms with Crippen LogP contribution in [0.25, 0.3) is 11.0 Å². The van der Waals surface area contributed by atoms with Crippen molar-refractivity contribution in [3.8, 4) is 0 Å². The summed E-state index contributed by atoms with van der Waals surface area (Å²) in [5.74, 6) is 2.28. The highest BCUT2D eigenvalue weighted by Crippen LogP contribution is 2.30. The highest BCUT2D eigenvalue weighted by Gasteiger charge is 2.27. The number of aromatic nitrogens is 4. The van der Waals surface area contributed by atoms with E-state index < -0.39 is 0 Å². The SMILES string of the molecule is CC(=O)NCC1CCCN(c2nc(C(C)(C)C)nc3c2cnn3C)C1. The van der Waals surface area contributed by atoms with Gasteiger partial charge in [-0.15, -0.1) is 0 Å². The zero-order valence-corrected chi connectivity index (χ0v) is 15.8. The molecule has 2 aromatic heterocycles. The van der Waals surface area contributed by atoms with Crippen LogP contribution in [0, 0.1) is 5.92 Å². The fraction of sp³-hybridized carbons (Fsp3) is 0.667. The average Bonchev–Trinajstić information content (AvgIpc) is 2.93. The van der Waals surface area contributed by atoms with Crippen molar-refractivity contribution in [2.45, 2.75) is 46.0 Å². The third-order valence-corrected chi connectivity index (χ3v) is 4.70. The number of amides is 1. The molecule has 136 valence electrons. The van der Waals surface area contributed by atoms with Crippen molar-refractivity contribution in [3.05, 3.63) is 12.0 Å². The molecule has 25 heavy (non-hydrogen) atoms. The van der Waals surface area contributed by atoms with Crippen LogP contribution in [0.2, 0.25) is 0 Å². The smallest absolute Gasteiger partial charge is 0.216 e. The topological polar surface area (TPSA) is 75.9 Å². The van der Waals surface area contributed by atoms with Gasteiger partial charge in [0.15, 0.2) is 5.65 Å². The second-order valence-electron chi connectivity index (χ2n) is 8.02. The number of hydrogen-bond acceptors (Lipinski definition) is 5. The lowest BCUT2D eigenvalue weighted by Crippen LogP contribution is -2.41. The van der Waals surface area contributed by atoms with Crippen LogP contribution in [0.15, 0.2) is 6.20 Å². The van der Waals surface area contributed by atoms with E-state index in [1.54, 1.807) is 6.92 Å². The van der Waals surface area contributed by atoms with E-state index >= 15 is 0 Å². The Kier molecular flexibility index (Phi) is 4.67. The quantitative estimate of drug-likeness (QED) is 0.922. The van der Waals surface area contributed by atoms with Gasteiger partial charge in [-0.05, 0) is 18.8 Å². The van der Waals surface area contributed by atoms with E-state index in [1.165, 1.54) is 0 Å². The van der Waals surface area contributed by atoms with Gasteiger partial charge >= 0.3 is 0 Å². The van der Waals surface area contributed by atoms with E-state index in [0.29, 0.717) is 5.92 Å². The maximum absolute atomic E-state index is 11.2. The Morgan fingerprint density at radius 3 is 2.80 bits per heavy atom. The molecule has 1 atom stereocenters. The number of piperidine rings is 1. The summed E-state index contributed by atoms with van der Waals surface area (Å²) in [6, 6.07) is 0. The van der Waals surface area contributed by atoms with Gasteiger partial charge in [0.25, 0.3) is 0 Å². The molecular formula is C18H28N6O. The van der Waals surface area contributed by atoms with Crippen LogP contribution in [0.5, 0.6) is 0 Å². The molecule has 1 aliphatic heterocycles. The molecule has 0 saturated carbocycles. The molecule has 3 rings (SSSR count). The monoisotopic (exact) mass is 344 g/mol. The maximum Gasteiger partial charge on any atom is 0.216 e. The van der Waals surface area contributed by atoms with Gasteiger partial charge in [0.05, 0.1) is 11.6 Å². The van der Waals surface area contributed by atoms with Gasteiger partial charge in [-0.3, -0.25) is 9.48 Å². The first-order valence-corrected chi connectivity index (χ1v) is 8.95. The lowest BCUT2D eigenvalue weighted by Gasteiger charge is -2.34. The number of hydrogen-bond donors (Lipinski definition) is 1. The Hall–Kier alpha value is -2.18. The van der Waals surface area contributed by atoms with Gasteiger partial charge in [-0.25, -0.2) is 9.97 Å². The lowest BCUT2D eigenvalue weighted by molar-refractivity contribution is -0.119. The second-order valence-corrected chi connectivity index (χ2v) is 8.02. The number of carbonyl (C=O) groups is 1. The summed E-state index contributed by atoms with van der Waals surface area (Å²) in [5, 5.41) is 8.33. The largest absolute Gasteiger partial charge is 0.356 e. The highest BCUT2D eigenvalue weighted by atomic mass is 16.1. The van der Waals surface area contributed by atoms with Crippen LogP contribution in [-0.4, -0.2) is 45.3 Å². The van der Waals surface area contributed by atoms with Crippen molar-refractivity contribution < 1.29 is 4.79 Å². The first-order valence-electron chi connectivity index (χ1n) is 8.95. The zero-order valence-electron chi connectivity index (χ0n) is 15.8. The van der Waals surface area contributed by atoms with Crippen molar-refractivity contribution >= 4 is 22.8 Å². The van der Waals surface area contributed by atoms with Crippen LogP contribution in [-0.2, 0) is 17.3 Å². The number of carbonyl (C=O) groups excluding carboxylic acids is 1. The molecule has 1 saturated heterocycles. The van der Waals surface area contributed by atoms with E-state index in [9.17, 15) is 4.79 Å². The summed E-state index contributed by atoms with van der Waals surface area (Å²) < 4.78 is 1.81. The van der Waals surface area contributed by atoms with Crippen LogP contribution in [0.4, 0.5) is 5.82 Å². The minimum Gasteiger partial charge on any atom is -0.356 e. The molecule has 0 spiro atoms. The Morgan fingerprint density at radius 1 is 1.36 bits per heavy atom. The third-order valence-electron chi connectivity index (χ3n) is 4.70. The van der Waals surface area contributed by atoms with Crippen LogP contribution < -0.4 is 10.2 Å². The van der Waals surface area contributed by atoms with Crippen molar-refractivity contribution in [2.24, 2.45) is 13.0 Å². The van der Waals surface area contributed by atoms with E-state index in [2.05, 4.69) is 36.1 Å². The fourth-order valence-corrected chi connectivity index (χ4v) is 3.30. The predicted molar refractivity (Wildman–Crippen MR) is 98.6 cm³/mol. The molecule has 3 heterocycles. The molecular weight excluding hydrogens is 316 g/mol. The Labute approximate surface area is 148 Å². The van der Waals surface area contributed by atoms with Gasteiger partial charge in [-0.2, -0.15) is 5.10 Å². The van der Waals surface area contributed by atoms with E-state index in [1.807, 2.05) is 17.9 Å². The maximum atomic E-state index is 11.2. The molecule has 0 bridgehead atoms. The first kappa shape index (κ1) is 17.6. The number of rotatable bonds is 3. The Balaban J connectivity index is 1.95. The first-order chi connectivity index (χ1) is 11.8. The number of nitrogens with zero attached hydrogens (tertiary/aromatic N) is 5. The molecule has 2 aromatic rings. The molecule has 7 heteroatoms. The molecule has 1 fully saturated rings. The summed E-state index contributed by atoms with van der Waals surface area (Å²) in [6.45, 7) is 10.5. The third kappa shape index (κ3) is 3.75. The molecule has 1 aliphatic rings. The zero-order chi connectivity index (χ0) is 18.2. The molecule has 1 amide bonds. The second kappa shape index (κ2) is 6.61. The molecule has 0 aromatic carbocycles. The fourth-order valence-electron chi connectivity index (χ4n) is 3.30. The minimum atomic E-state index is -0.126. The van der Waals surface area contributed by atoms with Gasteiger partial charge in [0.1, 0.15) is 11.6 Å². The standard InChI is InChI=1S/C18H28N6O/c1-12(25)19-9-13-7-6-8-24(11-13)16-14-10-20-23(5)15(14)21-17(22-16)18(2,3)4/h10,13H,6-9,11H2,1-5H3,(H,19,25). The minimum absolute atomic E-state index is 0.0313. The van der Waals surface area contributed by atoms with E-state index in [4.69, 9.17) is 9.97 Å². The normalized spacial score (nSPS) is 18.6. The van der Waals surface area contributed by atoms with Gasteiger partial charge in [0.2, 0.25) is 5.91 Å². The van der Waals surface area contributed by atoms with Crippen LogP contribution in [0.3, 0.4) is 0 Å². The van der Waals surface area contributed by atoms with Crippen LogP contribution >= 0.6 is 0 Å². The van der Waals surface area contributed by atoms with E-state index in [-0.39, 0.29) is 11.3 Å². The van der Waals surface area contributed by atoms with Crippen molar-refractivity contribution in [1.29, 1.82) is 0 Å². The summed E-state index contributed by atoms with van der Waals surface area (Å²) in [4.78, 5) is 23.2. The molecule has 7 nitrogen and oxygen atoms in total. The molecule has 1 N–H and O–H groups in total. The summed E-state index contributed by atoms with van der Waals surface area (Å²) in [5.41, 5.74) is 0.748. The van der Waals surface area contributed by atoms with Crippen molar-refractivity contribution in [3.63, 3.8) is 0 Å². The average molecular weight is 344 g/mol. The van der Waals surface area contributed by atoms with Crippen LogP contribution in [0.1, 0.15) is 46.4 Å². The van der Waals surface area contributed by atoms with Crippen molar-refractivity contribution in [2.75, 3.05) is 24.5 Å². The van der Waals surface area contributed by atoms with Gasteiger partial charge in [-0.1, -0.05) is 20.8 Å². The Morgan fingerprint density at radius 2 is 2.12 bits per heavy atom. The van der Waals surface area contributed by atoms with Crippen molar-refractivity contribution in [1.82, 2.24) is 25.1 Å². The van der Waals surface area contributed by atoms with Gasteiger partial charge in [0, 0.05) is 39.0 Å². The van der Waals surface area contributed by atoms with E-state index in [0.717, 1.165) is 55.2 Å². The highest BCUT2D eigenvalue weighted by molar-refractivity contribution is 5.87. The number of aryl methyl sites for hydroxylation is 1. The summed E-state index contributed by atoms with van der Waals surface area (Å²) in [6.07, 6.45) is 4.08. The molecule has 1 unspecified atom stereocenters. The predicted octanol–water partition coefficient (Wildman–Crippen LogP) is 2.01. The Bertz CT molecular complexity index is 776. The summed E-state index contributed by atoms with van der Waals surface area (Å²) >= 11 is 0. The number of anilines is 1.